The van der Waals surface area contributed by atoms with E-state index in [9.17, 15) is 4.79 Å². The number of hydrogen-bond acceptors (Lipinski definition) is 7. The van der Waals surface area contributed by atoms with Crippen LogP contribution in [-0.4, -0.2) is 53.7 Å². The Hall–Kier alpha value is -3.81. The molecule has 158 valence electrons. The number of piperazine rings is 1. The van der Waals surface area contributed by atoms with Crippen LogP contribution in [0.5, 0.6) is 23.1 Å². The number of nitrogens with zero attached hydrogens (tertiary/aromatic N) is 4. The predicted molar refractivity (Wildman–Crippen MR) is 114 cm³/mol. The smallest absolute Gasteiger partial charge is 0.254 e. The lowest BCUT2D eigenvalue weighted by Gasteiger charge is -2.35. The molecular weight excluding hydrogens is 396 g/mol. The average Bonchev–Trinajstić information content (AvgIpc) is 3.27. The van der Waals surface area contributed by atoms with Crippen molar-refractivity contribution in [3.8, 4) is 23.1 Å². The molecule has 8 nitrogen and oxygen atoms in total. The van der Waals surface area contributed by atoms with E-state index in [1.165, 1.54) is 0 Å². The fourth-order valence-corrected chi connectivity index (χ4v) is 3.70. The number of hydrogen-bond donors (Lipinski definition) is 0. The van der Waals surface area contributed by atoms with E-state index in [-0.39, 0.29) is 12.7 Å². The summed E-state index contributed by atoms with van der Waals surface area (Å²) in [6, 6.07) is 16.7. The third kappa shape index (κ3) is 4.09. The SMILES string of the molecule is Cc1nc(Oc2ccccc2)cc(N2CCN(C(=O)c3ccc4c(c3)OCO4)CC2)n1. The van der Waals surface area contributed by atoms with Gasteiger partial charge in [0.05, 0.1) is 0 Å². The number of carbonyl (C=O) groups is 1. The molecule has 0 aliphatic carbocycles. The van der Waals surface area contributed by atoms with Crippen molar-refractivity contribution >= 4 is 11.7 Å². The minimum absolute atomic E-state index is 0.00934. The zero-order chi connectivity index (χ0) is 21.2. The van der Waals surface area contributed by atoms with E-state index < -0.39 is 0 Å². The van der Waals surface area contributed by atoms with Gasteiger partial charge in [0.25, 0.3) is 5.91 Å². The van der Waals surface area contributed by atoms with Crippen molar-refractivity contribution < 1.29 is 19.0 Å². The number of carbonyl (C=O) groups excluding carboxylic acids is 1. The molecule has 0 radical (unpaired) electrons. The average molecular weight is 418 g/mol. The number of rotatable bonds is 4. The summed E-state index contributed by atoms with van der Waals surface area (Å²) in [7, 11) is 0. The maximum Gasteiger partial charge on any atom is 0.254 e. The molecule has 1 fully saturated rings. The van der Waals surface area contributed by atoms with Crippen molar-refractivity contribution in [1.29, 1.82) is 0 Å². The third-order valence-electron chi connectivity index (χ3n) is 5.28. The molecule has 1 aromatic heterocycles. The van der Waals surface area contributed by atoms with Crippen LogP contribution >= 0.6 is 0 Å². The molecule has 5 rings (SSSR count). The van der Waals surface area contributed by atoms with Gasteiger partial charge in [0.2, 0.25) is 12.7 Å². The number of ether oxygens (including phenoxy) is 3. The zero-order valence-corrected chi connectivity index (χ0v) is 17.2. The summed E-state index contributed by atoms with van der Waals surface area (Å²) < 4.78 is 16.6. The van der Waals surface area contributed by atoms with Gasteiger partial charge in [-0.05, 0) is 37.3 Å². The topological polar surface area (TPSA) is 77.0 Å². The molecular formula is C23H22N4O4. The number of fused-ring (bicyclic) bond motifs is 1. The Balaban J connectivity index is 1.25. The Morgan fingerprint density at radius 2 is 1.71 bits per heavy atom. The Morgan fingerprint density at radius 1 is 0.935 bits per heavy atom. The summed E-state index contributed by atoms with van der Waals surface area (Å²) in [4.78, 5) is 25.9. The second kappa shape index (κ2) is 8.14. The predicted octanol–water partition coefficient (Wildman–Crippen LogP) is 3.27. The maximum absolute atomic E-state index is 12.9. The van der Waals surface area contributed by atoms with Gasteiger partial charge >= 0.3 is 0 Å². The van der Waals surface area contributed by atoms with Crippen LogP contribution in [0.2, 0.25) is 0 Å². The van der Waals surface area contributed by atoms with Gasteiger partial charge in [-0.15, -0.1) is 0 Å². The molecule has 3 heterocycles. The van der Waals surface area contributed by atoms with Crippen molar-refractivity contribution in [3.05, 3.63) is 66.0 Å². The van der Waals surface area contributed by atoms with Crippen molar-refractivity contribution in [2.24, 2.45) is 0 Å². The van der Waals surface area contributed by atoms with Gasteiger partial charge < -0.3 is 24.0 Å². The van der Waals surface area contributed by atoms with E-state index in [4.69, 9.17) is 14.2 Å². The second-order valence-corrected chi connectivity index (χ2v) is 7.37. The molecule has 0 atom stereocenters. The lowest BCUT2D eigenvalue weighted by Crippen LogP contribution is -2.49. The third-order valence-corrected chi connectivity index (χ3v) is 5.28. The number of amides is 1. The summed E-state index contributed by atoms with van der Waals surface area (Å²) in [5, 5.41) is 0. The molecule has 8 heteroatoms. The molecule has 0 unspecified atom stereocenters. The van der Waals surface area contributed by atoms with Crippen LogP contribution in [0.4, 0.5) is 5.82 Å². The highest BCUT2D eigenvalue weighted by Gasteiger charge is 2.25. The van der Waals surface area contributed by atoms with E-state index >= 15 is 0 Å². The van der Waals surface area contributed by atoms with Crippen LogP contribution in [0.25, 0.3) is 0 Å². The lowest BCUT2D eigenvalue weighted by atomic mass is 10.1. The number of anilines is 1. The van der Waals surface area contributed by atoms with Gasteiger partial charge in [0.15, 0.2) is 11.5 Å². The van der Waals surface area contributed by atoms with Crippen molar-refractivity contribution in [2.75, 3.05) is 37.9 Å². The minimum Gasteiger partial charge on any atom is -0.454 e. The monoisotopic (exact) mass is 418 g/mol. The maximum atomic E-state index is 12.9. The molecule has 1 saturated heterocycles. The fraction of sp³-hybridized carbons (Fsp3) is 0.261. The van der Waals surface area contributed by atoms with Crippen LogP contribution in [0.15, 0.2) is 54.6 Å². The van der Waals surface area contributed by atoms with Crippen LogP contribution in [-0.2, 0) is 0 Å². The van der Waals surface area contributed by atoms with Crippen molar-refractivity contribution in [2.45, 2.75) is 6.92 Å². The summed E-state index contributed by atoms with van der Waals surface area (Å²) in [6.45, 7) is 4.60. The molecule has 2 aliphatic heterocycles. The van der Waals surface area contributed by atoms with E-state index in [2.05, 4.69) is 14.9 Å². The van der Waals surface area contributed by atoms with Crippen LogP contribution in [0.3, 0.4) is 0 Å². The molecule has 31 heavy (non-hydrogen) atoms. The Bertz CT molecular complexity index is 1100. The quantitative estimate of drug-likeness (QED) is 0.644. The Morgan fingerprint density at radius 3 is 2.52 bits per heavy atom. The van der Waals surface area contributed by atoms with Crippen LogP contribution < -0.4 is 19.1 Å². The highest BCUT2D eigenvalue weighted by molar-refractivity contribution is 5.95. The van der Waals surface area contributed by atoms with Gasteiger partial charge in [-0.2, -0.15) is 4.98 Å². The van der Waals surface area contributed by atoms with Crippen LogP contribution in [0, 0.1) is 6.92 Å². The van der Waals surface area contributed by atoms with Crippen molar-refractivity contribution in [3.63, 3.8) is 0 Å². The first-order valence-electron chi connectivity index (χ1n) is 10.2. The number of aromatic nitrogens is 2. The van der Waals surface area contributed by atoms with Crippen molar-refractivity contribution in [1.82, 2.24) is 14.9 Å². The van der Waals surface area contributed by atoms with Crippen LogP contribution in [0.1, 0.15) is 16.2 Å². The largest absolute Gasteiger partial charge is 0.454 e. The molecule has 0 N–H and O–H groups in total. The van der Waals surface area contributed by atoms with E-state index in [0.717, 1.165) is 11.6 Å². The minimum atomic E-state index is -0.00934. The molecule has 2 aliphatic rings. The first-order chi connectivity index (χ1) is 15.2. The summed E-state index contributed by atoms with van der Waals surface area (Å²) in [5.41, 5.74) is 0.606. The standard InChI is InChI=1S/C23H22N4O4/c1-16-24-21(14-22(25-16)31-18-5-3-2-4-6-18)26-9-11-27(12-10-26)23(28)17-7-8-19-20(13-17)30-15-29-19/h2-8,13-14H,9-12,15H2,1H3. The summed E-state index contributed by atoms with van der Waals surface area (Å²) in [5.74, 6) is 3.96. The van der Waals surface area contributed by atoms with Gasteiger partial charge in [-0.25, -0.2) is 4.98 Å². The molecule has 0 spiro atoms. The summed E-state index contributed by atoms with van der Waals surface area (Å²) >= 11 is 0. The summed E-state index contributed by atoms with van der Waals surface area (Å²) in [6.07, 6.45) is 0. The second-order valence-electron chi connectivity index (χ2n) is 7.37. The first kappa shape index (κ1) is 19.2. The number of para-hydroxylation sites is 1. The Labute approximate surface area is 180 Å². The molecule has 0 bridgehead atoms. The normalized spacial score (nSPS) is 15.1. The first-order valence-corrected chi connectivity index (χ1v) is 10.2. The molecule has 1 amide bonds. The van der Waals surface area contributed by atoms with E-state index in [0.29, 0.717) is 54.9 Å². The highest BCUT2D eigenvalue weighted by atomic mass is 16.7. The molecule has 0 saturated carbocycles. The molecule has 3 aromatic rings. The number of benzene rings is 2. The number of aryl methyl sites for hydroxylation is 1. The highest BCUT2D eigenvalue weighted by Crippen LogP contribution is 2.33. The van der Waals surface area contributed by atoms with E-state index in [1.54, 1.807) is 18.2 Å². The Kier molecular flexibility index (Phi) is 5.03. The zero-order valence-electron chi connectivity index (χ0n) is 17.2. The van der Waals surface area contributed by atoms with Gasteiger partial charge in [0, 0.05) is 37.8 Å². The van der Waals surface area contributed by atoms with Gasteiger partial charge in [0.1, 0.15) is 17.4 Å². The van der Waals surface area contributed by atoms with E-state index in [1.807, 2.05) is 48.2 Å². The lowest BCUT2D eigenvalue weighted by molar-refractivity contribution is 0.0746. The van der Waals surface area contributed by atoms with Gasteiger partial charge in [-0.3, -0.25) is 4.79 Å². The van der Waals surface area contributed by atoms with Gasteiger partial charge in [-0.1, -0.05) is 18.2 Å². The fourth-order valence-electron chi connectivity index (χ4n) is 3.70. The molecule has 2 aromatic carbocycles.